The number of aryl methyl sites for hydroxylation is 8. The number of benzene rings is 4. The van der Waals surface area contributed by atoms with E-state index in [1.807, 2.05) is 0 Å². The fourth-order valence-corrected chi connectivity index (χ4v) is 15.1. The van der Waals surface area contributed by atoms with Gasteiger partial charge in [0.25, 0.3) is 0 Å². The second-order valence-corrected chi connectivity index (χ2v) is 20.3. The Morgan fingerprint density at radius 1 is 0.373 bits per heavy atom. The minimum absolute atomic E-state index is 0.124. The van der Waals surface area contributed by atoms with Crippen molar-refractivity contribution < 1.29 is 0 Å². The molecule has 2 heteroatoms. The van der Waals surface area contributed by atoms with Crippen molar-refractivity contribution in [1.82, 2.24) is 0 Å². The third-order valence-corrected chi connectivity index (χ3v) is 18.0. The summed E-state index contributed by atoms with van der Waals surface area (Å²) < 4.78 is 0. The molecule has 0 heterocycles. The van der Waals surface area contributed by atoms with Crippen molar-refractivity contribution in [3.05, 3.63) is 117 Å². The number of rotatable bonds is 18. The zero-order valence-corrected chi connectivity index (χ0v) is 36.3. The highest BCUT2D eigenvalue weighted by atomic mass is 31.1. The first kappa shape index (κ1) is 41.5. The Bertz CT molecular complexity index is 1390. The topological polar surface area (TPSA) is 0 Å². The Morgan fingerprint density at radius 2 is 0.569 bits per heavy atom. The van der Waals surface area contributed by atoms with Crippen LogP contribution in [0.2, 0.25) is 0 Å². The molecule has 0 spiro atoms. The molecule has 2 atom stereocenters. The molecule has 51 heavy (non-hydrogen) atoms. The number of hydrogen-bond donors (Lipinski definition) is 0. The summed E-state index contributed by atoms with van der Waals surface area (Å²) in [5.41, 5.74) is 13.1. The lowest BCUT2D eigenvalue weighted by Crippen LogP contribution is -2.44. The van der Waals surface area contributed by atoms with E-state index >= 15 is 0 Å². The third kappa shape index (κ3) is 9.65. The average molecular weight is 721 g/mol. The minimum Gasteiger partial charge on any atom is -0.0654 e. The van der Waals surface area contributed by atoms with Crippen molar-refractivity contribution in [2.75, 3.05) is 0 Å². The maximum Gasteiger partial charge on any atom is -0.00971 e. The van der Waals surface area contributed by atoms with Crippen molar-refractivity contribution in [2.24, 2.45) is 5.41 Å². The maximum atomic E-state index is 2.71. The van der Waals surface area contributed by atoms with E-state index in [9.17, 15) is 0 Å². The first-order valence-corrected chi connectivity index (χ1v) is 23.4. The summed E-state index contributed by atoms with van der Waals surface area (Å²) >= 11 is 0. The van der Waals surface area contributed by atoms with Gasteiger partial charge in [-0.05, 0) is 156 Å². The largest absolute Gasteiger partial charge is 0.0654 e. The van der Waals surface area contributed by atoms with Crippen molar-refractivity contribution in [3.8, 4) is 0 Å². The highest BCUT2D eigenvalue weighted by Crippen LogP contribution is 2.58. The first-order chi connectivity index (χ1) is 24.5. The van der Waals surface area contributed by atoms with Crippen molar-refractivity contribution in [1.29, 1.82) is 0 Å². The zero-order chi connectivity index (χ0) is 37.3. The predicted octanol–water partition coefficient (Wildman–Crippen LogP) is 12.3. The Hall–Kier alpha value is -2.26. The van der Waals surface area contributed by atoms with Crippen LogP contribution in [0.25, 0.3) is 0 Å². The second-order valence-electron chi connectivity index (χ2n) is 15.2. The van der Waals surface area contributed by atoms with Gasteiger partial charge in [0.05, 0.1) is 0 Å². The Morgan fingerprint density at radius 3 is 0.725 bits per heavy atom. The molecule has 0 aliphatic rings. The van der Waals surface area contributed by atoms with Crippen LogP contribution in [0, 0.1) is 5.41 Å². The highest BCUT2D eigenvalue weighted by Gasteiger charge is 2.45. The van der Waals surface area contributed by atoms with Gasteiger partial charge in [-0.2, -0.15) is 0 Å². The predicted molar refractivity (Wildman–Crippen MR) is 235 cm³/mol. The van der Waals surface area contributed by atoms with E-state index in [0.29, 0.717) is 11.3 Å². The normalized spacial score (nSPS) is 14.2. The standard InChI is InChI=1S/C49H70P2/c1-13-22-49(12,35(10)50(45-27-37(14-2)23-38(15-3)28-45)46-29-39(16-4)24-40(17-5)30-46)36(11)51(47-31-41(18-6)25-42(19-7)32-47)48-33-43(20-8)26-44(21-9)34-48/h23-36H,13-22H2,1-12H3. The summed E-state index contributed by atoms with van der Waals surface area (Å²) in [6.45, 7) is 29.1. The van der Waals surface area contributed by atoms with E-state index in [4.69, 9.17) is 0 Å². The Kier molecular flexibility index (Phi) is 15.6. The smallest absolute Gasteiger partial charge is 0.00971 e. The average Bonchev–Trinajstić information content (AvgIpc) is 3.17. The zero-order valence-electron chi connectivity index (χ0n) is 34.5. The van der Waals surface area contributed by atoms with E-state index in [1.165, 1.54) is 57.3 Å². The monoisotopic (exact) mass is 720 g/mol. The van der Waals surface area contributed by atoms with Crippen LogP contribution in [-0.2, 0) is 51.4 Å². The molecule has 0 saturated carbocycles. The van der Waals surface area contributed by atoms with E-state index in [0.717, 1.165) is 51.4 Å². The molecule has 0 radical (unpaired) electrons. The molecular weight excluding hydrogens is 650 g/mol. The van der Waals surface area contributed by atoms with E-state index in [-0.39, 0.29) is 5.41 Å². The van der Waals surface area contributed by atoms with Crippen molar-refractivity contribution in [3.63, 3.8) is 0 Å². The van der Waals surface area contributed by atoms with Gasteiger partial charge < -0.3 is 0 Å². The molecule has 0 nitrogen and oxygen atoms in total. The van der Waals surface area contributed by atoms with Crippen LogP contribution in [0.1, 0.15) is 140 Å². The van der Waals surface area contributed by atoms with E-state index < -0.39 is 15.8 Å². The summed E-state index contributed by atoms with van der Waals surface area (Å²) in [7, 11) is -1.24. The fourth-order valence-electron chi connectivity index (χ4n) is 8.25. The molecule has 0 saturated heterocycles. The summed E-state index contributed by atoms with van der Waals surface area (Å²) in [5, 5.41) is 6.35. The van der Waals surface area contributed by atoms with Gasteiger partial charge in [0.2, 0.25) is 0 Å². The molecular formula is C49H70P2. The molecule has 276 valence electrons. The van der Waals surface area contributed by atoms with Gasteiger partial charge in [-0.3, -0.25) is 0 Å². The first-order valence-electron chi connectivity index (χ1n) is 20.6. The van der Waals surface area contributed by atoms with Gasteiger partial charge in [-0.1, -0.05) is 162 Å². The van der Waals surface area contributed by atoms with Crippen molar-refractivity contribution in [2.45, 2.75) is 159 Å². The van der Waals surface area contributed by atoms with Gasteiger partial charge in [-0.15, -0.1) is 0 Å². The molecule has 4 aromatic rings. The van der Waals surface area contributed by atoms with E-state index in [1.54, 1.807) is 21.2 Å². The molecule has 0 bridgehead atoms. The lowest BCUT2D eigenvalue weighted by Gasteiger charge is -2.48. The van der Waals surface area contributed by atoms with Crippen LogP contribution in [0.3, 0.4) is 0 Å². The lowest BCUT2D eigenvalue weighted by molar-refractivity contribution is 0.286. The molecule has 0 amide bonds. The second kappa shape index (κ2) is 19.2. The molecule has 0 N–H and O–H groups in total. The van der Waals surface area contributed by atoms with Gasteiger partial charge >= 0.3 is 0 Å². The molecule has 4 aromatic carbocycles. The molecule has 0 aromatic heterocycles. The third-order valence-electron chi connectivity index (χ3n) is 12.0. The summed E-state index contributed by atoms with van der Waals surface area (Å²) in [5.74, 6) is 0. The molecule has 0 fully saturated rings. The maximum absolute atomic E-state index is 2.71. The Balaban J connectivity index is 2.04. The van der Waals surface area contributed by atoms with E-state index in [2.05, 4.69) is 156 Å². The van der Waals surface area contributed by atoms with Crippen LogP contribution >= 0.6 is 15.8 Å². The highest BCUT2D eigenvalue weighted by molar-refractivity contribution is 7.74. The molecule has 0 aliphatic carbocycles. The Labute approximate surface area is 317 Å². The summed E-state index contributed by atoms with van der Waals surface area (Å²) in [6, 6.07) is 30.7. The van der Waals surface area contributed by atoms with Crippen LogP contribution in [0.5, 0.6) is 0 Å². The number of hydrogen-bond acceptors (Lipinski definition) is 0. The van der Waals surface area contributed by atoms with Crippen LogP contribution in [0.4, 0.5) is 0 Å². The minimum atomic E-state index is -0.621. The van der Waals surface area contributed by atoms with Gasteiger partial charge in [0.1, 0.15) is 0 Å². The van der Waals surface area contributed by atoms with Gasteiger partial charge in [0.15, 0.2) is 0 Å². The summed E-state index contributed by atoms with van der Waals surface area (Å²) in [4.78, 5) is 0. The van der Waals surface area contributed by atoms with Crippen molar-refractivity contribution >= 4 is 37.1 Å². The molecule has 0 aliphatic heterocycles. The van der Waals surface area contributed by atoms with Gasteiger partial charge in [-0.25, -0.2) is 0 Å². The lowest BCUT2D eigenvalue weighted by atomic mass is 9.79. The fraction of sp³-hybridized carbons (Fsp3) is 0.510. The van der Waals surface area contributed by atoms with Gasteiger partial charge in [0, 0.05) is 0 Å². The SMILES string of the molecule is CCCC(C)(C(C)P(c1cc(CC)cc(CC)c1)c1cc(CC)cc(CC)c1)C(C)P(c1cc(CC)cc(CC)c1)c1cc(CC)cc(CC)c1. The van der Waals surface area contributed by atoms with Crippen LogP contribution < -0.4 is 21.2 Å². The summed E-state index contributed by atoms with van der Waals surface area (Å²) in [6.07, 6.45) is 11.1. The quantitative estimate of drug-likeness (QED) is 0.0898. The van der Waals surface area contributed by atoms with Crippen LogP contribution in [-0.4, -0.2) is 11.3 Å². The van der Waals surface area contributed by atoms with Crippen LogP contribution in [0.15, 0.2) is 72.8 Å². The molecule has 4 rings (SSSR count). The molecule has 2 unspecified atom stereocenters.